The van der Waals surface area contributed by atoms with E-state index in [0.717, 1.165) is 19.6 Å². The van der Waals surface area contributed by atoms with Gasteiger partial charge in [-0.15, -0.1) is 0 Å². The highest BCUT2D eigenvalue weighted by Gasteiger charge is 2.17. The van der Waals surface area contributed by atoms with Crippen LogP contribution in [0.3, 0.4) is 0 Å². The average molecular weight is 245 g/mol. The molecule has 0 spiro atoms. The Morgan fingerprint density at radius 3 is 2.35 bits per heavy atom. The van der Waals surface area contributed by atoms with Gasteiger partial charge in [0, 0.05) is 25.8 Å². The van der Waals surface area contributed by atoms with E-state index < -0.39 is 0 Å². The molecule has 0 radical (unpaired) electrons. The molecule has 0 atom stereocenters. The van der Waals surface area contributed by atoms with E-state index in [4.69, 9.17) is 11.6 Å². The molecule has 2 heterocycles. The minimum Gasteiger partial charge on any atom is -0.291 e. The lowest BCUT2D eigenvalue weighted by Crippen LogP contribution is -2.15. The summed E-state index contributed by atoms with van der Waals surface area (Å²) in [7, 11) is 0. The van der Waals surface area contributed by atoms with E-state index in [1.807, 2.05) is 18.3 Å². The van der Waals surface area contributed by atoms with Crippen LogP contribution < -0.4 is 0 Å². The summed E-state index contributed by atoms with van der Waals surface area (Å²) < 4.78 is 0. The second-order valence-corrected chi connectivity index (χ2v) is 4.79. The van der Waals surface area contributed by atoms with Crippen molar-refractivity contribution in [3.8, 4) is 0 Å². The van der Waals surface area contributed by atoms with E-state index in [1.165, 1.54) is 16.7 Å². The number of nitrogens with zero attached hydrogens (tertiary/aromatic N) is 2. The van der Waals surface area contributed by atoms with Crippen molar-refractivity contribution in [1.29, 1.82) is 0 Å². The fourth-order valence-electron chi connectivity index (χ4n) is 2.27. The Morgan fingerprint density at radius 2 is 1.76 bits per heavy atom. The van der Waals surface area contributed by atoms with Crippen LogP contribution in [0.5, 0.6) is 0 Å². The van der Waals surface area contributed by atoms with Crippen molar-refractivity contribution in [3.63, 3.8) is 0 Å². The number of aromatic nitrogens is 1. The molecule has 0 unspecified atom stereocenters. The number of pyridine rings is 1. The highest BCUT2D eigenvalue weighted by atomic mass is 35.5. The van der Waals surface area contributed by atoms with Crippen LogP contribution in [0.25, 0.3) is 0 Å². The first-order valence-electron chi connectivity index (χ1n) is 5.71. The predicted octanol–water partition coefficient (Wildman–Crippen LogP) is 3.25. The number of hydrogen-bond donors (Lipinski definition) is 0. The highest BCUT2D eigenvalue weighted by Crippen LogP contribution is 2.23. The van der Waals surface area contributed by atoms with E-state index in [0.29, 0.717) is 5.15 Å². The second kappa shape index (κ2) is 4.47. The summed E-state index contributed by atoms with van der Waals surface area (Å²) in [4.78, 5) is 6.52. The molecule has 1 aliphatic heterocycles. The molecule has 17 heavy (non-hydrogen) atoms. The van der Waals surface area contributed by atoms with E-state index in [1.54, 1.807) is 0 Å². The minimum absolute atomic E-state index is 0.554. The van der Waals surface area contributed by atoms with Crippen molar-refractivity contribution in [2.75, 3.05) is 0 Å². The van der Waals surface area contributed by atoms with Crippen LogP contribution >= 0.6 is 11.6 Å². The molecule has 1 aliphatic rings. The van der Waals surface area contributed by atoms with E-state index in [9.17, 15) is 0 Å². The topological polar surface area (TPSA) is 16.1 Å². The molecule has 0 saturated carbocycles. The van der Waals surface area contributed by atoms with Crippen LogP contribution in [0.2, 0.25) is 5.15 Å². The molecule has 1 aromatic carbocycles. The zero-order valence-electron chi connectivity index (χ0n) is 9.44. The predicted molar refractivity (Wildman–Crippen MR) is 68.6 cm³/mol. The fourth-order valence-corrected chi connectivity index (χ4v) is 2.39. The van der Waals surface area contributed by atoms with E-state index in [-0.39, 0.29) is 0 Å². The van der Waals surface area contributed by atoms with Gasteiger partial charge in [-0.3, -0.25) is 4.90 Å². The summed E-state index contributed by atoms with van der Waals surface area (Å²) in [6, 6.07) is 12.5. The van der Waals surface area contributed by atoms with Gasteiger partial charge in [-0.25, -0.2) is 4.98 Å². The lowest BCUT2D eigenvalue weighted by molar-refractivity contribution is 0.275. The van der Waals surface area contributed by atoms with Gasteiger partial charge >= 0.3 is 0 Å². The summed E-state index contributed by atoms with van der Waals surface area (Å²) in [6.45, 7) is 2.98. The Balaban J connectivity index is 1.71. The number of fused-ring (bicyclic) bond motifs is 1. The van der Waals surface area contributed by atoms with Gasteiger partial charge in [0.1, 0.15) is 5.15 Å². The molecule has 0 amide bonds. The van der Waals surface area contributed by atoms with Crippen molar-refractivity contribution in [1.82, 2.24) is 9.88 Å². The first-order chi connectivity index (χ1) is 8.31. The van der Waals surface area contributed by atoms with Crippen LogP contribution in [-0.4, -0.2) is 9.88 Å². The summed E-state index contributed by atoms with van der Waals surface area (Å²) in [6.07, 6.45) is 1.85. The van der Waals surface area contributed by atoms with Crippen LogP contribution in [0, 0.1) is 0 Å². The standard InChI is InChI=1S/C14H13ClN2/c15-14-6-5-11(7-16-14)8-17-9-12-3-1-2-4-13(12)10-17/h1-7H,8-10H2. The largest absolute Gasteiger partial charge is 0.291 e. The van der Waals surface area contributed by atoms with Crippen LogP contribution in [0.15, 0.2) is 42.6 Å². The number of rotatable bonds is 2. The first-order valence-corrected chi connectivity index (χ1v) is 6.08. The van der Waals surface area contributed by atoms with E-state index in [2.05, 4.69) is 34.1 Å². The molecule has 1 aromatic heterocycles. The Morgan fingerprint density at radius 1 is 1.06 bits per heavy atom. The molecule has 0 fully saturated rings. The minimum atomic E-state index is 0.554. The fraction of sp³-hybridized carbons (Fsp3) is 0.214. The van der Waals surface area contributed by atoms with Crippen LogP contribution in [-0.2, 0) is 19.6 Å². The zero-order chi connectivity index (χ0) is 11.7. The van der Waals surface area contributed by atoms with Gasteiger partial charge in [0.25, 0.3) is 0 Å². The van der Waals surface area contributed by atoms with E-state index >= 15 is 0 Å². The van der Waals surface area contributed by atoms with Gasteiger partial charge < -0.3 is 0 Å². The third-order valence-corrected chi connectivity index (χ3v) is 3.32. The van der Waals surface area contributed by atoms with Crippen molar-refractivity contribution in [2.24, 2.45) is 0 Å². The second-order valence-electron chi connectivity index (χ2n) is 4.40. The smallest absolute Gasteiger partial charge is 0.129 e. The molecule has 3 rings (SSSR count). The summed E-state index contributed by atoms with van der Waals surface area (Å²) in [5.74, 6) is 0. The van der Waals surface area contributed by atoms with Gasteiger partial charge in [0.05, 0.1) is 0 Å². The molecule has 0 aliphatic carbocycles. The molecule has 0 saturated heterocycles. The molecule has 2 aromatic rings. The average Bonchev–Trinajstić information content (AvgIpc) is 2.74. The van der Waals surface area contributed by atoms with Gasteiger partial charge in [0.2, 0.25) is 0 Å². The Bertz CT molecular complexity index is 497. The number of benzene rings is 1. The van der Waals surface area contributed by atoms with Crippen LogP contribution in [0.1, 0.15) is 16.7 Å². The van der Waals surface area contributed by atoms with Gasteiger partial charge in [-0.05, 0) is 22.8 Å². The number of halogens is 1. The lowest BCUT2D eigenvalue weighted by atomic mass is 10.1. The van der Waals surface area contributed by atoms with Crippen molar-refractivity contribution in [3.05, 3.63) is 64.4 Å². The van der Waals surface area contributed by atoms with Crippen LogP contribution in [0.4, 0.5) is 0 Å². The molecule has 3 heteroatoms. The van der Waals surface area contributed by atoms with Gasteiger partial charge in [-0.2, -0.15) is 0 Å². The van der Waals surface area contributed by atoms with Gasteiger partial charge in [-0.1, -0.05) is 41.9 Å². The third-order valence-electron chi connectivity index (χ3n) is 3.10. The van der Waals surface area contributed by atoms with Gasteiger partial charge in [0.15, 0.2) is 0 Å². The third kappa shape index (κ3) is 2.33. The highest BCUT2D eigenvalue weighted by molar-refractivity contribution is 6.29. The molecule has 0 N–H and O–H groups in total. The maximum Gasteiger partial charge on any atom is 0.129 e. The van der Waals surface area contributed by atoms with Crippen molar-refractivity contribution in [2.45, 2.75) is 19.6 Å². The first kappa shape index (κ1) is 10.8. The maximum atomic E-state index is 5.78. The monoisotopic (exact) mass is 244 g/mol. The number of hydrogen-bond acceptors (Lipinski definition) is 2. The SMILES string of the molecule is Clc1ccc(CN2Cc3ccccc3C2)cn1. The molecule has 0 bridgehead atoms. The molecular formula is C14H13ClN2. The normalized spacial score (nSPS) is 14.9. The van der Waals surface area contributed by atoms with Crippen molar-refractivity contribution >= 4 is 11.6 Å². The molecular weight excluding hydrogens is 232 g/mol. The maximum absolute atomic E-state index is 5.78. The quantitative estimate of drug-likeness (QED) is 0.754. The summed E-state index contributed by atoms with van der Waals surface area (Å²) in [5, 5.41) is 0.554. The zero-order valence-corrected chi connectivity index (χ0v) is 10.2. The molecule has 2 nitrogen and oxygen atoms in total. The lowest BCUT2D eigenvalue weighted by Gasteiger charge is -2.14. The summed E-state index contributed by atoms with van der Waals surface area (Å²) >= 11 is 5.78. The van der Waals surface area contributed by atoms with Crippen molar-refractivity contribution < 1.29 is 0 Å². The Labute approximate surface area is 106 Å². The Hall–Kier alpha value is -1.38. The summed E-state index contributed by atoms with van der Waals surface area (Å²) in [5.41, 5.74) is 4.09. The Kier molecular flexibility index (Phi) is 2.83. The molecule has 86 valence electrons.